The van der Waals surface area contributed by atoms with Gasteiger partial charge in [0.1, 0.15) is 17.5 Å². The Bertz CT molecular complexity index is 1170. The minimum atomic E-state index is -3.72. The normalized spacial score (nSPS) is 14.3. The van der Waals surface area contributed by atoms with Crippen LogP contribution in [0.3, 0.4) is 0 Å². The smallest absolute Gasteiger partial charge is 0.261 e. The molecule has 4 rings (SSSR count). The Morgan fingerprint density at radius 1 is 1.00 bits per heavy atom. The molecule has 0 bridgehead atoms. The van der Waals surface area contributed by atoms with Gasteiger partial charge in [-0.05, 0) is 49.4 Å². The lowest BCUT2D eigenvalue weighted by molar-refractivity contribution is 0.122. The van der Waals surface area contributed by atoms with E-state index >= 15 is 0 Å². The van der Waals surface area contributed by atoms with Crippen LogP contribution in [0.4, 0.5) is 23.0 Å². The van der Waals surface area contributed by atoms with Gasteiger partial charge in [-0.2, -0.15) is 0 Å². The zero-order valence-electron chi connectivity index (χ0n) is 16.9. The highest BCUT2D eigenvalue weighted by atomic mass is 35.5. The van der Waals surface area contributed by atoms with Gasteiger partial charge in [-0.25, -0.2) is 18.4 Å². The van der Waals surface area contributed by atoms with Crippen molar-refractivity contribution in [3.63, 3.8) is 0 Å². The minimum Gasteiger partial charge on any atom is -0.378 e. The number of benzene rings is 2. The lowest BCUT2D eigenvalue weighted by atomic mass is 10.3. The van der Waals surface area contributed by atoms with Crippen molar-refractivity contribution < 1.29 is 13.2 Å². The Kier molecular flexibility index (Phi) is 6.26. The minimum absolute atomic E-state index is 0.106. The fourth-order valence-corrected chi connectivity index (χ4v) is 4.55. The predicted molar refractivity (Wildman–Crippen MR) is 122 cm³/mol. The summed E-state index contributed by atoms with van der Waals surface area (Å²) >= 11 is 5.90. The molecule has 1 saturated heterocycles. The predicted octanol–water partition coefficient (Wildman–Crippen LogP) is 3.82. The molecule has 2 N–H and O–H groups in total. The molecular formula is C21H22ClN5O3S. The topological polar surface area (TPSA) is 96.5 Å². The van der Waals surface area contributed by atoms with E-state index in [2.05, 4.69) is 24.9 Å². The van der Waals surface area contributed by atoms with Crippen molar-refractivity contribution in [1.29, 1.82) is 0 Å². The van der Waals surface area contributed by atoms with Gasteiger partial charge in [0.25, 0.3) is 10.0 Å². The van der Waals surface area contributed by atoms with Crippen molar-refractivity contribution in [2.24, 2.45) is 0 Å². The molecule has 0 radical (unpaired) electrons. The van der Waals surface area contributed by atoms with E-state index in [1.165, 1.54) is 12.1 Å². The van der Waals surface area contributed by atoms with E-state index in [4.69, 9.17) is 16.3 Å². The molecule has 3 aromatic rings. The van der Waals surface area contributed by atoms with Crippen LogP contribution in [0.2, 0.25) is 5.02 Å². The van der Waals surface area contributed by atoms with Crippen LogP contribution in [-0.4, -0.2) is 44.7 Å². The molecule has 0 spiro atoms. The van der Waals surface area contributed by atoms with Crippen LogP contribution in [-0.2, 0) is 14.8 Å². The molecule has 10 heteroatoms. The van der Waals surface area contributed by atoms with E-state index in [0.29, 0.717) is 35.6 Å². The molecule has 0 atom stereocenters. The molecular weight excluding hydrogens is 438 g/mol. The molecule has 8 nitrogen and oxygen atoms in total. The summed E-state index contributed by atoms with van der Waals surface area (Å²) in [6.45, 7) is 4.79. The number of morpholine rings is 1. The second-order valence-electron chi connectivity index (χ2n) is 7.02. The van der Waals surface area contributed by atoms with E-state index in [0.717, 1.165) is 24.6 Å². The van der Waals surface area contributed by atoms with Crippen LogP contribution < -0.4 is 14.9 Å². The Labute approximate surface area is 186 Å². The SMILES string of the molecule is Cc1nc(Nc2ccc(NS(=O)(=O)c3cccc(Cl)c3)cc2)cc(N2CCOCC2)n1. The fourth-order valence-electron chi connectivity index (χ4n) is 3.19. The molecule has 0 saturated carbocycles. The fraction of sp³-hybridized carbons (Fsp3) is 0.238. The summed E-state index contributed by atoms with van der Waals surface area (Å²) in [4.78, 5) is 11.2. The van der Waals surface area contributed by atoms with Crippen molar-refractivity contribution in [3.8, 4) is 0 Å². The quantitative estimate of drug-likeness (QED) is 0.578. The van der Waals surface area contributed by atoms with Gasteiger partial charge in [0.15, 0.2) is 0 Å². The van der Waals surface area contributed by atoms with Crippen molar-refractivity contribution in [2.45, 2.75) is 11.8 Å². The van der Waals surface area contributed by atoms with Gasteiger partial charge in [-0.3, -0.25) is 4.72 Å². The summed E-state index contributed by atoms with van der Waals surface area (Å²) in [6, 6.07) is 14.9. The Balaban J connectivity index is 1.47. The number of nitrogens with zero attached hydrogens (tertiary/aromatic N) is 3. The first kappa shape index (κ1) is 21.4. The highest BCUT2D eigenvalue weighted by molar-refractivity contribution is 7.92. The zero-order valence-corrected chi connectivity index (χ0v) is 18.4. The third-order valence-corrected chi connectivity index (χ3v) is 6.29. The van der Waals surface area contributed by atoms with Gasteiger partial charge in [0, 0.05) is 35.6 Å². The maximum Gasteiger partial charge on any atom is 0.261 e. The highest BCUT2D eigenvalue weighted by Crippen LogP contribution is 2.24. The third-order valence-electron chi connectivity index (χ3n) is 4.68. The van der Waals surface area contributed by atoms with E-state index in [1.54, 1.807) is 36.4 Å². The van der Waals surface area contributed by atoms with Crippen molar-refractivity contribution >= 4 is 44.6 Å². The summed E-state index contributed by atoms with van der Waals surface area (Å²) in [5.74, 6) is 2.18. The number of sulfonamides is 1. The molecule has 1 aromatic heterocycles. The van der Waals surface area contributed by atoms with Crippen LogP contribution in [0, 0.1) is 6.92 Å². The first-order valence-corrected chi connectivity index (χ1v) is 11.6. The van der Waals surface area contributed by atoms with Crippen LogP contribution in [0.25, 0.3) is 0 Å². The van der Waals surface area contributed by atoms with E-state index in [9.17, 15) is 8.42 Å². The van der Waals surface area contributed by atoms with Gasteiger partial charge < -0.3 is 15.0 Å². The molecule has 2 heterocycles. The second-order valence-corrected chi connectivity index (χ2v) is 9.14. The first-order valence-electron chi connectivity index (χ1n) is 9.73. The van der Waals surface area contributed by atoms with Gasteiger partial charge >= 0.3 is 0 Å². The van der Waals surface area contributed by atoms with Crippen LogP contribution >= 0.6 is 11.6 Å². The molecule has 1 aliphatic rings. The number of nitrogens with one attached hydrogen (secondary N) is 2. The number of aromatic nitrogens is 2. The number of hydrogen-bond acceptors (Lipinski definition) is 7. The standard InChI is InChI=1S/C21H22ClN5O3S/c1-15-23-20(14-21(24-15)27-9-11-30-12-10-27)25-17-5-7-18(8-6-17)26-31(28,29)19-4-2-3-16(22)13-19/h2-8,13-14,26H,9-12H2,1H3,(H,23,24,25). The maximum atomic E-state index is 12.5. The zero-order chi connectivity index (χ0) is 21.8. The summed E-state index contributed by atoms with van der Waals surface area (Å²) in [7, 11) is -3.72. The highest BCUT2D eigenvalue weighted by Gasteiger charge is 2.16. The van der Waals surface area contributed by atoms with Gasteiger partial charge in [0.05, 0.1) is 18.1 Å². The molecule has 1 aliphatic heterocycles. The first-order chi connectivity index (χ1) is 14.9. The lowest BCUT2D eigenvalue weighted by Gasteiger charge is -2.28. The van der Waals surface area contributed by atoms with Gasteiger partial charge in [0.2, 0.25) is 0 Å². The molecule has 2 aromatic carbocycles. The maximum absolute atomic E-state index is 12.5. The second kappa shape index (κ2) is 9.09. The largest absolute Gasteiger partial charge is 0.378 e. The summed E-state index contributed by atoms with van der Waals surface area (Å²) < 4.78 is 33.0. The summed E-state index contributed by atoms with van der Waals surface area (Å²) in [5, 5.41) is 3.61. The average Bonchev–Trinajstić information content (AvgIpc) is 2.75. The van der Waals surface area contributed by atoms with E-state index in [1.807, 2.05) is 13.0 Å². The van der Waals surface area contributed by atoms with Crippen molar-refractivity contribution in [2.75, 3.05) is 41.2 Å². The number of aryl methyl sites for hydroxylation is 1. The molecule has 0 amide bonds. The lowest BCUT2D eigenvalue weighted by Crippen LogP contribution is -2.36. The Morgan fingerprint density at radius 3 is 2.42 bits per heavy atom. The molecule has 31 heavy (non-hydrogen) atoms. The number of anilines is 4. The third kappa shape index (κ3) is 5.43. The van der Waals surface area contributed by atoms with Crippen molar-refractivity contribution in [1.82, 2.24) is 9.97 Å². The Morgan fingerprint density at radius 2 is 1.71 bits per heavy atom. The Hall–Kier alpha value is -2.88. The van der Waals surface area contributed by atoms with Gasteiger partial charge in [-0.1, -0.05) is 17.7 Å². The molecule has 162 valence electrons. The van der Waals surface area contributed by atoms with Gasteiger partial charge in [-0.15, -0.1) is 0 Å². The summed E-state index contributed by atoms with van der Waals surface area (Å²) in [6.07, 6.45) is 0. The number of halogens is 1. The number of rotatable bonds is 6. The summed E-state index contributed by atoms with van der Waals surface area (Å²) in [5.41, 5.74) is 1.22. The van der Waals surface area contributed by atoms with Crippen LogP contribution in [0.1, 0.15) is 5.82 Å². The van der Waals surface area contributed by atoms with Crippen LogP contribution in [0.15, 0.2) is 59.5 Å². The average molecular weight is 460 g/mol. The molecule has 0 aliphatic carbocycles. The molecule has 0 unspecified atom stereocenters. The van der Waals surface area contributed by atoms with Crippen LogP contribution in [0.5, 0.6) is 0 Å². The number of ether oxygens (including phenoxy) is 1. The number of hydrogen-bond donors (Lipinski definition) is 2. The van der Waals surface area contributed by atoms with E-state index in [-0.39, 0.29) is 4.90 Å². The van der Waals surface area contributed by atoms with E-state index < -0.39 is 10.0 Å². The monoisotopic (exact) mass is 459 g/mol. The molecule has 1 fully saturated rings. The van der Waals surface area contributed by atoms with Crippen molar-refractivity contribution in [3.05, 3.63) is 65.4 Å².